The molecule has 2 amide bonds. The van der Waals surface area contributed by atoms with Gasteiger partial charge in [0.15, 0.2) is 0 Å². The van der Waals surface area contributed by atoms with Crippen LogP contribution in [0.15, 0.2) is 11.6 Å². The fraction of sp³-hybridized carbons (Fsp3) is 0.625. The molecule has 0 aromatic carbocycles. The molecule has 1 N–H and O–H groups in total. The lowest BCUT2D eigenvalue weighted by molar-refractivity contribution is -0.0131. The maximum atomic E-state index is 11.7. The summed E-state index contributed by atoms with van der Waals surface area (Å²) < 4.78 is 25.3. The van der Waals surface area contributed by atoms with E-state index in [1.54, 1.807) is 13.0 Å². The third-order valence-electron chi connectivity index (χ3n) is 2.80. The van der Waals surface area contributed by atoms with Crippen molar-refractivity contribution in [1.82, 2.24) is 9.96 Å². The number of amides is 2. The Balaban J connectivity index is 2.25. The van der Waals surface area contributed by atoms with Gasteiger partial charge < -0.3 is 14.6 Å². The first-order valence-electron chi connectivity index (χ1n) is 4.71. The van der Waals surface area contributed by atoms with Gasteiger partial charge in [-0.15, -0.1) is 0 Å². The van der Waals surface area contributed by atoms with E-state index in [1.165, 1.54) is 4.90 Å². The third-order valence-corrected chi connectivity index (χ3v) is 3.08. The summed E-state index contributed by atoms with van der Waals surface area (Å²) in [6.45, 7) is 1.92. The van der Waals surface area contributed by atoms with Gasteiger partial charge in [0, 0.05) is 0 Å². The van der Waals surface area contributed by atoms with Gasteiger partial charge in [-0.2, -0.15) is 9.35 Å². The zero-order chi connectivity index (χ0) is 11.9. The van der Waals surface area contributed by atoms with E-state index in [9.17, 15) is 13.6 Å². The molecule has 1 fully saturated rings. The van der Waals surface area contributed by atoms with Crippen molar-refractivity contribution >= 4 is 17.4 Å². The fourth-order valence-corrected chi connectivity index (χ4v) is 2.31. The van der Waals surface area contributed by atoms with E-state index in [2.05, 4.69) is 4.28 Å². The topological polar surface area (TPSA) is 93.1 Å². The first-order valence-corrected chi connectivity index (χ1v) is 5.71. The zero-order valence-corrected chi connectivity index (χ0v) is 9.35. The normalized spacial score (nSPS) is 30.7. The monoisotopic (exact) mass is 247 g/mol. The second-order valence-corrected chi connectivity index (χ2v) is 4.27. The lowest BCUT2D eigenvalue weighted by atomic mass is 10.0. The molecule has 0 aliphatic carbocycles. The summed E-state index contributed by atoms with van der Waals surface area (Å²) in [6, 6.07) is -1.34. The molecule has 90 valence electrons. The predicted octanol–water partition coefficient (Wildman–Crippen LogP) is -0.861. The average molecular weight is 247 g/mol. The summed E-state index contributed by atoms with van der Waals surface area (Å²) in [5, 5.41) is 9.92. The van der Waals surface area contributed by atoms with Gasteiger partial charge in [0.2, 0.25) is 0 Å². The Morgan fingerprint density at radius 1 is 1.75 bits per heavy atom. The molecule has 0 aromatic heterocycles. The van der Waals surface area contributed by atoms with Crippen molar-refractivity contribution in [3.05, 3.63) is 11.6 Å². The summed E-state index contributed by atoms with van der Waals surface area (Å²) in [6.07, 6.45) is 1.74. The van der Waals surface area contributed by atoms with Crippen LogP contribution in [0.1, 0.15) is 6.92 Å². The van der Waals surface area contributed by atoms with E-state index in [0.29, 0.717) is 6.54 Å². The minimum Gasteiger partial charge on any atom is -0.748 e. The number of hydroxylamine groups is 2. The van der Waals surface area contributed by atoms with Gasteiger partial charge in [0.25, 0.3) is 0 Å². The van der Waals surface area contributed by atoms with Crippen LogP contribution in [0.4, 0.5) is 4.79 Å². The summed E-state index contributed by atoms with van der Waals surface area (Å²) in [5.74, 6) is 0. The minimum atomic E-state index is -2.77. The minimum absolute atomic E-state index is 0.190. The van der Waals surface area contributed by atoms with Gasteiger partial charge in [0.1, 0.15) is 17.4 Å². The molecule has 0 radical (unpaired) electrons. The Hall–Kier alpha value is -0.960. The van der Waals surface area contributed by atoms with Gasteiger partial charge in [-0.1, -0.05) is 6.08 Å². The van der Waals surface area contributed by atoms with Crippen LogP contribution >= 0.6 is 0 Å². The molecular weight excluding hydrogens is 236 g/mol. The van der Waals surface area contributed by atoms with E-state index in [4.69, 9.17) is 5.11 Å². The van der Waals surface area contributed by atoms with Crippen LogP contribution in [-0.2, 0) is 15.6 Å². The lowest BCUT2D eigenvalue weighted by Crippen LogP contribution is -2.40. The summed E-state index contributed by atoms with van der Waals surface area (Å²) in [7, 11) is 0. The van der Waals surface area contributed by atoms with E-state index in [-0.39, 0.29) is 6.61 Å². The van der Waals surface area contributed by atoms with E-state index in [0.717, 1.165) is 10.6 Å². The highest BCUT2D eigenvalue weighted by molar-refractivity contribution is 7.74. The van der Waals surface area contributed by atoms with Gasteiger partial charge in [0.05, 0.1) is 19.2 Å². The van der Waals surface area contributed by atoms with Crippen molar-refractivity contribution in [1.29, 1.82) is 0 Å². The number of hydrogen-bond donors (Lipinski definition) is 1. The van der Waals surface area contributed by atoms with Crippen molar-refractivity contribution in [2.45, 2.75) is 19.0 Å². The lowest BCUT2D eigenvalue weighted by Gasteiger charge is -2.26. The molecule has 16 heavy (non-hydrogen) atoms. The number of carbonyl (C=O) groups is 1. The molecule has 2 rings (SSSR count). The standard InChI is InChI=1S/C8H12N2O5S/c1-5-2-6(4-11)9-3-7(5)10(8(9)12)15-16(13)14/h2,6-7,11H,3-4H2,1H3,(H,13,14)/p-1. The zero-order valence-electron chi connectivity index (χ0n) is 8.53. The molecule has 8 heteroatoms. The predicted molar refractivity (Wildman–Crippen MR) is 52.4 cm³/mol. The van der Waals surface area contributed by atoms with Gasteiger partial charge >= 0.3 is 6.03 Å². The highest BCUT2D eigenvalue weighted by Crippen LogP contribution is 2.29. The van der Waals surface area contributed by atoms with Crippen molar-refractivity contribution in [2.24, 2.45) is 0 Å². The van der Waals surface area contributed by atoms with E-state index >= 15 is 0 Å². The van der Waals surface area contributed by atoms with Crippen LogP contribution in [0.5, 0.6) is 0 Å². The maximum Gasteiger partial charge on any atom is 0.346 e. The number of nitrogens with zero attached hydrogens (tertiary/aromatic N) is 2. The Morgan fingerprint density at radius 3 is 3.00 bits per heavy atom. The van der Waals surface area contributed by atoms with Crippen LogP contribution in [0, 0.1) is 0 Å². The Kier molecular flexibility index (Phi) is 2.98. The second-order valence-electron chi connectivity index (χ2n) is 3.72. The Bertz CT molecular complexity index is 371. The highest BCUT2D eigenvalue weighted by Gasteiger charge is 2.45. The first-order chi connectivity index (χ1) is 7.54. The molecule has 3 atom stereocenters. The molecule has 0 aromatic rings. The molecule has 2 aliphatic heterocycles. The molecule has 2 heterocycles. The average Bonchev–Trinajstić information content (AvgIpc) is 2.49. The highest BCUT2D eigenvalue weighted by atomic mass is 32.2. The molecule has 0 saturated carbocycles. The summed E-state index contributed by atoms with van der Waals surface area (Å²) >= 11 is -2.77. The molecule has 2 bridgehead atoms. The first kappa shape index (κ1) is 11.5. The molecular formula is C8H11N2O5S-. The van der Waals surface area contributed by atoms with Crippen molar-refractivity contribution < 1.29 is 22.9 Å². The Morgan fingerprint density at radius 2 is 2.44 bits per heavy atom. The fourth-order valence-electron chi connectivity index (χ4n) is 2.01. The van der Waals surface area contributed by atoms with Crippen molar-refractivity contribution in [3.8, 4) is 0 Å². The molecule has 2 aliphatic rings. The second kappa shape index (κ2) is 4.13. The number of urea groups is 1. The number of aliphatic hydroxyl groups is 1. The van der Waals surface area contributed by atoms with E-state index < -0.39 is 29.5 Å². The summed E-state index contributed by atoms with van der Waals surface area (Å²) in [5.41, 5.74) is 0.812. The van der Waals surface area contributed by atoms with Gasteiger partial charge in [-0.05, 0) is 12.5 Å². The van der Waals surface area contributed by atoms with Gasteiger partial charge in [-0.3, -0.25) is 0 Å². The number of aliphatic hydroxyl groups excluding tert-OH is 1. The SMILES string of the molecule is CC1=CC(CO)N2CC1N(OS(=O)[O-])C2=O. The number of carbonyl (C=O) groups excluding carboxylic acids is 1. The Labute approximate surface area is 94.7 Å². The van der Waals surface area contributed by atoms with Crippen LogP contribution in [0.3, 0.4) is 0 Å². The maximum absolute atomic E-state index is 11.7. The van der Waals surface area contributed by atoms with Crippen molar-refractivity contribution in [2.75, 3.05) is 13.2 Å². The van der Waals surface area contributed by atoms with E-state index in [1.807, 2.05) is 0 Å². The molecule has 3 unspecified atom stereocenters. The molecule has 1 saturated heterocycles. The smallest absolute Gasteiger partial charge is 0.346 e. The van der Waals surface area contributed by atoms with Crippen LogP contribution in [-0.4, -0.2) is 55.1 Å². The van der Waals surface area contributed by atoms with Gasteiger partial charge in [-0.25, -0.2) is 9.00 Å². The largest absolute Gasteiger partial charge is 0.748 e. The number of rotatable bonds is 3. The summed E-state index contributed by atoms with van der Waals surface area (Å²) in [4.78, 5) is 13.1. The van der Waals surface area contributed by atoms with Crippen LogP contribution in [0.2, 0.25) is 0 Å². The molecule has 7 nitrogen and oxygen atoms in total. The van der Waals surface area contributed by atoms with Crippen molar-refractivity contribution in [3.63, 3.8) is 0 Å². The third kappa shape index (κ3) is 1.73. The van der Waals surface area contributed by atoms with Crippen LogP contribution < -0.4 is 0 Å². The number of fused-ring (bicyclic) bond motifs is 2. The van der Waals surface area contributed by atoms with Crippen LogP contribution in [0.25, 0.3) is 0 Å². The number of hydrogen-bond acceptors (Lipinski definition) is 5. The molecule has 0 spiro atoms. The quantitative estimate of drug-likeness (QED) is 0.517.